The summed E-state index contributed by atoms with van der Waals surface area (Å²) in [6.07, 6.45) is 2.86. The zero-order valence-corrected chi connectivity index (χ0v) is 9.47. The third-order valence-electron chi connectivity index (χ3n) is 2.17. The average molecular weight is 246 g/mol. The molecule has 2 aromatic heterocycles. The molecule has 0 spiro atoms. The first-order valence-corrected chi connectivity index (χ1v) is 5.01. The zero-order valence-electron chi connectivity index (χ0n) is 9.47. The molecule has 0 bridgehead atoms. The maximum atomic E-state index is 11.7. The van der Waals surface area contributed by atoms with E-state index in [9.17, 15) is 9.59 Å². The van der Waals surface area contributed by atoms with Crippen molar-refractivity contribution in [1.29, 1.82) is 0 Å². The van der Waals surface area contributed by atoms with Crippen molar-refractivity contribution in [3.63, 3.8) is 0 Å². The van der Waals surface area contributed by atoms with E-state index in [-0.39, 0.29) is 11.5 Å². The molecule has 0 fully saturated rings. The molecule has 2 rings (SSSR count). The SMILES string of the molecule is Cc1nc(Nc2ccncn2)c(=O)[nH]c1C(N)=O. The Morgan fingerprint density at radius 3 is 2.89 bits per heavy atom. The van der Waals surface area contributed by atoms with Gasteiger partial charge in [-0.3, -0.25) is 9.59 Å². The average Bonchev–Trinajstić information content (AvgIpc) is 2.34. The van der Waals surface area contributed by atoms with Gasteiger partial charge in [0.2, 0.25) is 0 Å². The highest BCUT2D eigenvalue weighted by Gasteiger charge is 2.11. The fraction of sp³-hybridized carbons (Fsp3) is 0.100. The Hall–Kier alpha value is -2.77. The molecule has 18 heavy (non-hydrogen) atoms. The predicted molar refractivity (Wildman–Crippen MR) is 63.4 cm³/mol. The minimum Gasteiger partial charge on any atom is -0.364 e. The van der Waals surface area contributed by atoms with E-state index >= 15 is 0 Å². The van der Waals surface area contributed by atoms with Crippen LogP contribution in [0.15, 0.2) is 23.4 Å². The Morgan fingerprint density at radius 1 is 1.50 bits per heavy atom. The molecule has 0 aliphatic carbocycles. The fourth-order valence-electron chi connectivity index (χ4n) is 1.35. The summed E-state index contributed by atoms with van der Waals surface area (Å²) in [4.78, 5) is 36.7. The normalized spacial score (nSPS) is 10.1. The molecule has 92 valence electrons. The van der Waals surface area contributed by atoms with Crippen LogP contribution < -0.4 is 16.6 Å². The number of primary amides is 1. The van der Waals surface area contributed by atoms with Gasteiger partial charge in [-0.05, 0) is 13.0 Å². The lowest BCUT2D eigenvalue weighted by Gasteiger charge is -2.06. The number of anilines is 2. The summed E-state index contributed by atoms with van der Waals surface area (Å²) in [6, 6.07) is 1.58. The van der Waals surface area contributed by atoms with Crippen molar-refractivity contribution in [2.24, 2.45) is 5.73 Å². The van der Waals surface area contributed by atoms with E-state index in [1.54, 1.807) is 13.0 Å². The molecule has 0 unspecified atom stereocenters. The summed E-state index contributed by atoms with van der Waals surface area (Å²) in [5.74, 6) is -0.267. The largest absolute Gasteiger partial charge is 0.364 e. The van der Waals surface area contributed by atoms with E-state index in [0.717, 1.165) is 0 Å². The molecule has 8 heteroatoms. The molecule has 0 aromatic carbocycles. The lowest BCUT2D eigenvalue weighted by atomic mass is 10.3. The molecule has 0 radical (unpaired) electrons. The number of H-pyrrole nitrogens is 1. The summed E-state index contributed by atoms with van der Waals surface area (Å²) < 4.78 is 0. The minimum absolute atomic E-state index is 0.00626. The second kappa shape index (κ2) is 4.62. The molecule has 8 nitrogen and oxygen atoms in total. The molecule has 1 amide bonds. The number of nitrogens with one attached hydrogen (secondary N) is 2. The van der Waals surface area contributed by atoms with Crippen LogP contribution in [0.25, 0.3) is 0 Å². The first-order valence-electron chi connectivity index (χ1n) is 5.01. The zero-order chi connectivity index (χ0) is 13.1. The Morgan fingerprint density at radius 2 is 2.28 bits per heavy atom. The second-order valence-corrected chi connectivity index (χ2v) is 3.46. The van der Waals surface area contributed by atoms with Gasteiger partial charge < -0.3 is 16.0 Å². The van der Waals surface area contributed by atoms with Crippen molar-refractivity contribution in [3.8, 4) is 0 Å². The van der Waals surface area contributed by atoms with Gasteiger partial charge in [-0.15, -0.1) is 0 Å². The van der Waals surface area contributed by atoms with E-state index < -0.39 is 11.5 Å². The van der Waals surface area contributed by atoms with E-state index in [4.69, 9.17) is 5.73 Å². The van der Waals surface area contributed by atoms with Gasteiger partial charge in [-0.25, -0.2) is 15.0 Å². The number of carbonyl (C=O) groups is 1. The first kappa shape index (κ1) is 11.7. The summed E-state index contributed by atoms with van der Waals surface area (Å²) in [5, 5.41) is 2.72. The van der Waals surface area contributed by atoms with Crippen LogP contribution in [0.2, 0.25) is 0 Å². The van der Waals surface area contributed by atoms with Gasteiger partial charge >= 0.3 is 0 Å². The summed E-state index contributed by atoms with van der Waals surface area (Å²) >= 11 is 0. The van der Waals surface area contributed by atoms with Gasteiger partial charge in [0.05, 0.1) is 5.69 Å². The summed E-state index contributed by atoms with van der Waals surface area (Å²) in [7, 11) is 0. The number of nitrogens with zero attached hydrogens (tertiary/aromatic N) is 3. The van der Waals surface area contributed by atoms with E-state index in [1.165, 1.54) is 12.5 Å². The van der Waals surface area contributed by atoms with Crippen LogP contribution >= 0.6 is 0 Å². The van der Waals surface area contributed by atoms with Gasteiger partial charge in [0.1, 0.15) is 17.8 Å². The van der Waals surface area contributed by atoms with Gasteiger partial charge in [0.15, 0.2) is 5.82 Å². The van der Waals surface area contributed by atoms with Crippen LogP contribution in [0, 0.1) is 6.92 Å². The van der Waals surface area contributed by atoms with E-state index in [1.807, 2.05) is 0 Å². The van der Waals surface area contributed by atoms with Crippen LogP contribution in [-0.2, 0) is 0 Å². The van der Waals surface area contributed by atoms with Crippen LogP contribution in [0.1, 0.15) is 16.2 Å². The number of carbonyl (C=O) groups excluding carboxylic acids is 1. The molecule has 2 heterocycles. The smallest absolute Gasteiger partial charge is 0.291 e. The number of aromatic amines is 1. The number of aromatic nitrogens is 4. The lowest BCUT2D eigenvalue weighted by Crippen LogP contribution is -2.24. The molecule has 0 aliphatic rings. The first-order chi connectivity index (χ1) is 8.58. The van der Waals surface area contributed by atoms with Crippen molar-refractivity contribution in [2.45, 2.75) is 6.92 Å². The number of nitrogens with two attached hydrogens (primary N) is 1. The maximum absolute atomic E-state index is 11.7. The quantitative estimate of drug-likeness (QED) is 0.683. The molecular formula is C10H10N6O2. The van der Waals surface area contributed by atoms with Crippen molar-refractivity contribution in [1.82, 2.24) is 19.9 Å². The molecular weight excluding hydrogens is 236 g/mol. The Balaban J connectivity index is 2.39. The minimum atomic E-state index is -0.731. The maximum Gasteiger partial charge on any atom is 0.291 e. The third kappa shape index (κ3) is 2.32. The van der Waals surface area contributed by atoms with Crippen LogP contribution in [-0.4, -0.2) is 25.8 Å². The predicted octanol–water partition coefficient (Wildman–Crippen LogP) is -0.289. The highest BCUT2D eigenvalue weighted by atomic mass is 16.1. The standard InChI is InChI=1S/C10H10N6O2/c1-5-7(8(11)17)16-10(18)9(14-5)15-6-2-3-12-4-13-6/h2-4H,1H3,(H2,11,17)(H,16,18)(H,12,13,14,15). The van der Waals surface area contributed by atoms with Crippen LogP contribution in [0.5, 0.6) is 0 Å². The Labute approximate surface area is 101 Å². The second-order valence-electron chi connectivity index (χ2n) is 3.46. The third-order valence-corrected chi connectivity index (χ3v) is 2.17. The molecule has 4 N–H and O–H groups in total. The molecule has 0 atom stereocenters. The highest BCUT2D eigenvalue weighted by molar-refractivity contribution is 5.91. The van der Waals surface area contributed by atoms with Gasteiger partial charge in [-0.2, -0.15) is 0 Å². The number of hydrogen-bond donors (Lipinski definition) is 3. The molecule has 0 saturated carbocycles. The fourth-order valence-corrected chi connectivity index (χ4v) is 1.35. The van der Waals surface area contributed by atoms with E-state index in [0.29, 0.717) is 11.5 Å². The van der Waals surface area contributed by atoms with E-state index in [2.05, 4.69) is 25.3 Å². The monoisotopic (exact) mass is 246 g/mol. The summed E-state index contributed by atoms with van der Waals surface area (Å²) in [6.45, 7) is 1.57. The highest BCUT2D eigenvalue weighted by Crippen LogP contribution is 2.07. The van der Waals surface area contributed by atoms with Crippen molar-refractivity contribution in [3.05, 3.63) is 40.3 Å². The van der Waals surface area contributed by atoms with Crippen molar-refractivity contribution < 1.29 is 4.79 Å². The lowest BCUT2D eigenvalue weighted by molar-refractivity contribution is 0.0994. The molecule has 2 aromatic rings. The van der Waals surface area contributed by atoms with Crippen LogP contribution in [0.3, 0.4) is 0 Å². The van der Waals surface area contributed by atoms with Crippen molar-refractivity contribution in [2.75, 3.05) is 5.32 Å². The van der Waals surface area contributed by atoms with Crippen LogP contribution in [0.4, 0.5) is 11.6 Å². The Bertz CT molecular complexity index is 637. The number of rotatable bonds is 3. The van der Waals surface area contributed by atoms with Crippen molar-refractivity contribution >= 4 is 17.5 Å². The number of aryl methyl sites for hydroxylation is 1. The van der Waals surface area contributed by atoms with Gasteiger partial charge in [0.25, 0.3) is 11.5 Å². The molecule has 0 saturated heterocycles. The number of hydrogen-bond acceptors (Lipinski definition) is 6. The number of amides is 1. The Kier molecular flexibility index (Phi) is 3.00. The molecule has 0 aliphatic heterocycles. The topological polar surface area (TPSA) is 127 Å². The van der Waals surface area contributed by atoms with Gasteiger partial charge in [-0.1, -0.05) is 0 Å². The summed E-state index contributed by atoms with van der Waals surface area (Å²) in [5.41, 5.74) is 4.87. The van der Waals surface area contributed by atoms with Gasteiger partial charge in [0, 0.05) is 6.20 Å².